The molecule has 0 spiro atoms. The number of aliphatic hydroxyl groups is 1. The van der Waals surface area contributed by atoms with Crippen LogP contribution in [0.25, 0.3) is 0 Å². The monoisotopic (exact) mass is 258 g/mol. The van der Waals surface area contributed by atoms with Crippen LogP contribution in [-0.2, 0) is 9.53 Å². The van der Waals surface area contributed by atoms with Crippen LogP contribution in [0.15, 0.2) is 16.8 Å². The molecule has 0 radical (unpaired) electrons. The van der Waals surface area contributed by atoms with Crippen molar-refractivity contribution in [3.8, 4) is 0 Å². The summed E-state index contributed by atoms with van der Waals surface area (Å²) >= 11 is 1.51. The van der Waals surface area contributed by atoms with Crippen LogP contribution in [0, 0.1) is 0 Å². The molecule has 0 bridgehead atoms. The molecule has 0 aliphatic carbocycles. The molecule has 1 heterocycles. The van der Waals surface area contributed by atoms with Crippen LogP contribution in [-0.4, -0.2) is 37.3 Å². The van der Waals surface area contributed by atoms with E-state index in [9.17, 15) is 9.90 Å². The second-order valence-electron chi connectivity index (χ2n) is 3.71. The number of nitrogens with two attached hydrogens (primary N) is 1. The van der Waals surface area contributed by atoms with Crippen molar-refractivity contribution in [3.05, 3.63) is 22.4 Å². The number of hydrogen-bond acceptors (Lipinski definition) is 5. The average molecular weight is 258 g/mol. The van der Waals surface area contributed by atoms with Gasteiger partial charge in [-0.1, -0.05) is 0 Å². The fraction of sp³-hybridized carbons (Fsp3) is 0.545. The Bertz CT molecular complexity index is 329. The Hall–Kier alpha value is -0.950. The maximum Gasteiger partial charge on any atom is 0.237 e. The molecule has 5 nitrogen and oxygen atoms in total. The Balaban J connectivity index is 2.28. The zero-order valence-electron chi connectivity index (χ0n) is 9.76. The Kier molecular flexibility index (Phi) is 6.13. The third-order valence-corrected chi connectivity index (χ3v) is 3.07. The second-order valence-corrected chi connectivity index (χ2v) is 4.49. The molecule has 6 heteroatoms. The van der Waals surface area contributed by atoms with E-state index in [4.69, 9.17) is 10.5 Å². The van der Waals surface area contributed by atoms with Crippen molar-refractivity contribution in [1.29, 1.82) is 0 Å². The Morgan fingerprint density at radius 3 is 3.06 bits per heavy atom. The number of methoxy groups -OCH3 is 1. The Labute approximate surface area is 105 Å². The molecule has 1 rings (SSSR count). The predicted molar refractivity (Wildman–Crippen MR) is 66.8 cm³/mol. The summed E-state index contributed by atoms with van der Waals surface area (Å²) in [4.78, 5) is 11.5. The standard InChI is InChI=1S/C11H18N2O3S/c1-16-4-2-9(12)11(15)13-6-10(14)8-3-5-17-7-8/h3,5,7,9-10,14H,2,4,6,12H2,1H3,(H,13,15). The van der Waals surface area contributed by atoms with Crippen LogP contribution in [0.1, 0.15) is 18.1 Å². The first-order chi connectivity index (χ1) is 8.15. The molecular formula is C11H18N2O3S. The molecule has 17 heavy (non-hydrogen) atoms. The van der Waals surface area contributed by atoms with Gasteiger partial charge >= 0.3 is 0 Å². The lowest BCUT2D eigenvalue weighted by molar-refractivity contribution is -0.123. The van der Waals surface area contributed by atoms with Crippen molar-refractivity contribution in [1.82, 2.24) is 5.32 Å². The van der Waals surface area contributed by atoms with Crippen molar-refractivity contribution < 1.29 is 14.6 Å². The lowest BCUT2D eigenvalue weighted by Gasteiger charge is -2.14. The lowest BCUT2D eigenvalue weighted by Crippen LogP contribution is -2.42. The zero-order chi connectivity index (χ0) is 12.7. The predicted octanol–water partition coefficient (Wildman–Crippen LogP) is 0.262. The molecule has 0 aliphatic heterocycles. The Morgan fingerprint density at radius 1 is 1.71 bits per heavy atom. The quantitative estimate of drug-likeness (QED) is 0.655. The summed E-state index contributed by atoms with van der Waals surface area (Å²) in [7, 11) is 1.56. The first-order valence-corrected chi connectivity index (χ1v) is 6.31. The van der Waals surface area contributed by atoms with Crippen LogP contribution in [0.5, 0.6) is 0 Å². The second kappa shape index (κ2) is 7.39. The van der Waals surface area contributed by atoms with E-state index in [1.165, 1.54) is 11.3 Å². The molecule has 0 aromatic carbocycles. The van der Waals surface area contributed by atoms with Gasteiger partial charge in [-0.15, -0.1) is 0 Å². The summed E-state index contributed by atoms with van der Waals surface area (Å²) in [6.07, 6.45) is -0.212. The summed E-state index contributed by atoms with van der Waals surface area (Å²) in [6, 6.07) is 1.23. The van der Waals surface area contributed by atoms with E-state index >= 15 is 0 Å². The van der Waals surface area contributed by atoms with Crippen molar-refractivity contribution in [2.24, 2.45) is 5.73 Å². The van der Waals surface area contributed by atoms with Crippen LogP contribution >= 0.6 is 11.3 Å². The van der Waals surface area contributed by atoms with Crippen molar-refractivity contribution in [2.45, 2.75) is 18.6 Å². The molecule has 1 aromatic heterocycles. The number of thiophene rings is 1. The summed E-state index contributed by atoms with van der Waals surface area (Å²) in [5, 5.41) is 16.1. The molecular weight excluding hydrogens is 240 g/mol. The molecule has 2 atom stereocenters. The van der Waals surface area contributed by atoms with Crippen molar-refractivity contribution >= 4 is 17.2 Å². The highest BCUT2D eigenvalue weighted by molar-refractivity contribution is 7.07. The van der Waals surface area contributed by atoms with Crippen LogP contribution in [0.3, 0.4) is 0 Å². The lowest BCUT2D eigenvalue weighted by atomic mass is 10.2. The van der Waals surface area contributed by atoms with Crippen LogP contribution < -0.4 is 11.1 Å². The number of aliphatic hydroxyl groups excluding tert-OH is 1. The molecule has 0 saturated carbocycles. The van der Waals surface area contributed by atoms with E-state index in [-0.39, 0.29) is 12.5 Å². The fourth-order valence-electron chi connectivity index (χ4n) is 1.29. The smallest absolute Gasteiger partial charge is 0.237 e. The van der Waals surface area contributed by atoms with Gasteiger partial charge in [0.05, 0.1) is 12.1 Å². The minimum atomic E-state index is -0.681. The van der Waals surface area contributed by atoms with Crippen LogP contribution in [0.4, 0.5) is 0 Å². The third-order valence-electron chi connectivity index (χ3n) is 2.37. The number of carbonyl (C=O) groups excluding carboxylic acids is 1. The van der Waals surface area contributed by atoms with Gasteiger partial charge in [0.25, 0.3) is 0 Å². The molecule has 0 fully saturated rings. The van der Waals surface area contributed by atoms with Gasteiger partial charge in [-0.3, -0.25) is 4.79 Å². The van der Waals surface area contributed by atoms with E-state index in [0.29, 0.717) is 13.0 Å². The highest BCUT2D eigenvalue weighted by atomic mass is 32.1. The first-order valence-electron chi connectivity index (χ1n) is 5.37. The van der Waals surface area contributed by atoms with Gasteiger partial charge in [0.15, 0.2) is 0 Å². The van der Waals surface area contributed by atoms with Crippen molar-refractivity contribution in [2.75, 3.05) is 20.3 Å². The van der Waals surface area contributed by atoms with E-state index in [1.54, 1.807) is 7.11 Å². The number of amides is 1. The third kappa shape index (κ3) is 4.82. The van der Waals surface area contributed by atoms with Gasteiger partial charge < -0.3 is 20.9 Å². The number of nitrogens with one attached hydrogen (secondary N) is 1. The normalized spacial score (nSPS) is 14.3. The van der Waals surface area contributed by atoms with Gasteiger partial charge in [-0.25, -0.2) is 0 Å². The summed E-state index contributed by atoms with van der Waals surface area (Å²) < 4.78 is 4.84. The van der Waals surface area contributed by atoms with Crippen molar-refractivity contribution in [3.63, 3.8) is 0 Å². The molecule has 2 unspecified atom stereocenters. The van der Waals surface area contributed by atoms with Gasteiger partial charge in [0.2, 0.25) is 5.91 Å². The molecule has 96 valence electrons. The maximum atomic E-state index is 11.5. The molecule has 1 aromatic rings. The largest absolute Gasteiger partial charge is 0.387 e. The van der Waals surface area contributed by atoms with Gasteiger partial charge in [-0.2, -0.15) is 11.3 Å². The Morgan fingerprint density at radius 2 is 2.47 bits per heavy atom. The molecule has 0 saturated heterocycles. The van der Waals surface area contributed by atoms with Gasteiger partial charge in [-0.05, 0) is 28.8 Å². The first kappa shape index (κ1) is 14.1. The van der Waals surface area contributed by atoms with E-state index in [2.05, 4.69) is 5.32 Å². The van der Waals surface area contributed by atoms with Gasteiger partial charge in [0.1, 0.15) is 0 Å². The van der Waals surface area contributed by atoms with E-state index < -0.39 is 12.1 Å². The summed E-state index contributed by atoms with van der Waals surface area (Å²) in [5.74, 6) is -0.267. The molecule has 4 N–H and O–H groups in total. The van der Waals surface area contributed by atoms with E-state index in [1.807, 2.05) is 16.8 Å². The highest BCUT2D eigenvalue weighted by Crippen LogP contribution is 2.14. The maximum absolute atomic E-state index is 11.5. The highest BCUT2D eigenvalue weighted by Gasteiger charge is 2.15. The average Bonchev–Trinajstić information content (AvgIpc) is 2.86. The number of ether oxygens (including phenoxy) is 1. The number of carbonyl (C=O) groups is 1. The summed E-state index contributed by atoms with van der Waals surface area (Å²) in [5.41, 5.74) is 6.44. The minimum absolute atomic E-state index is 0.177. The van der Waals surface area contributed by atoms with Gasteiger partial charge in [0, 0.05) is 20.3 Å². The number of hydrogen-bond donors (Lipinski definition) is 3. The topological polar surface area (TPSA) is 84.6 Å². The van der Waals surface area contributed by atoms with E-state index in [0.717, 1.165) is 5.56 Å². The zero-order valence-corrected chi connectivity index (χ0v) is 10.6. The number of rotatable bonds is 7. The minimum Gasteiger partial charge on any atom is -0.387 e. The summed E-state index contributed by atoms with van der Waals surface area (Å²) in [6.45, 7) is 0.623. The van der Waals surface area contributed by atoms with Crippen LogP contribution in [0.2, 0.25) is 0 Å². The fourth-order valence-corrected chi connectivity index (χ4v) is 1.99. The SMILES string of the molecule is COCCC(N)C(=O)NCC(O)c1ccsc1. The molecule has 0 aliphatic rings. The molecule has 1 amide bonds.